The van der Waals surface area contributed by atoms with E-state index in [4.69, 9.17) is 8.83 Å². The topological polar surface area (TPSA) is 32.8 Å². The molecule has 1 spiro atoms. The van der Waals surface area contributed by atoms with Crippen molar-refractivity contribution in [3.63, 3.8) is 0 Å². The molecule has 0 fully saturated rings. The van der Waals surface area contributed by atoms with Gasteiger partial charge in [-0.1, -0.05) is 155 Å². The smallest absolute Gasteiger partial charge is 0.337 e. The van der Waals surface area contributed by atoms with Crippen LogP contribution in [0.3, 0.4) is 0 Å². The molecule has 2 aromatic heterocycles. The monoisotopic (exact) mass is 836 g/mol. The highest BCUT2D eigenvalue weighted by atomic mass is 16.4. The maximum Gasteiger partial charge on any atom is 0.337 e. The van der Waals surface area contributed by atoms with E-state index >= 15 is 0 Å². The highest BCUT2D eigenvalue weighted by Gasteiger charge is 2.57. The summed E-state index contributed by atoms with van der Waals surface area (Å²) in [4.78, 5) is 5.19. The second-order valence-corrected chi connectivity index (χ2v) is 20.6. The molecule has 10 aromatic rings. The Balaban J connectivity index is 1.14. The Morgan fingerprint density at radius 3 is 1.80 bits per heavy atom. The number of anilines is 5. The number of benzene rings is 8. The largest absolute Gasteiger partial charge is 0.455 e. The summed E-state index contributed by atoms with van der Waals surface area (Å²) in [6.45, 7) is 11.8. The summed E-state index contributed by atoms with van der Waals surface area (Å²) in [5, 5.41) is 3.36. The van der Waals surface area contributed by atoms with Crippen LogP contribution in [0, 0.1) is 6.92 Å². The fraction of sp³-hybridized carbons (Fsp3) is 0.167. The van der Waals surface area contributed by atoms with Crippen molar-refractivity contribution in [2.75, 3.05) is 9.71 Å². The highest BCUT2D eigenvalue weighted by molar-refractivity contribution is 6.95. The Morgan fingerprint density at radius 1 is 0.477 bits per heavy atom. The molecule has 0 unspecified atom stereocenters. The van der Waals surface area contributed by atoms with Crippen LogP contribution >= 0.6 is 0 Å². The van der Waals surface area contributed by atoms with Gasteiger partial charge >= 0.3 is 6.85 Å². The lowest BCUT2D eigenvalue weighted by atomic mass is 9.42. The van der Waals surface area contributed by atoms with Crippen molar-refractivity contribution in [2.45, 2.75) is 63.7 Å². The summed E-state index contributed by atoms with van der Waals surface area (Å²) < 4.78 is 14.6. The number of aryl methyl sites for hydroxylation is 1. The molecule has 2 aliphatic carbocycles. The summed E-state index contributed by atoms with van der Waals surface area (Å²) in [6.07, 6.45) is 2.31. The minimum absolute atomic E-state index is 0.0206. The molecule has 310 valence electrons. The lowest BCUT2D eigenvalue weighted by molar-refractivity contribution is 0.332. The molecular weight excluding hydrogens is 791 g/mol. The van der Waals surface area contributed by atoms with Gasteiger partial charge in [0, 0.05) is 49.8 Å². The number of nitrogens with zero attached hydrogens (tertiary/aromatic N) is 2. The van der Waals surface area contributed by atoms with Crippen LogP contribution in [0.4, 0.5) is 28.6 Å². The Hall–Kier alpha value is -7.24. The Labute approximate surface area is 378 Å². The third kappa shape index (κ3) is 4.22. The van der Waals surface area contributed by atoms with Crippen LogP contribution in [0.1, 0.15) is 79.5 Å². The number of rotatable bonds is 1. The zero-order valence-corrected chi connectivity index (χ0v) is 37.2. The van der Waals surface area contributed by atoms with Crippen molar-refractivity contribution in [1.82, 2.24) is 0 Å². The normalized spacial score (nSPS) is 17.2. The first kappa shape index (κ1) is 36.1. The second-order valence-electron chi connectivity index (χ2n) is 20.6. The van der Waals surface area contributed by atoms with Gasteiger partial charge in [0.1, 0.15) is 16.7 Å². The fourth-order valence-electron chi connectivity index (χ4n) is 13.4. The van der Waals surface area contributed by atoms with Crippen LogP contribution in [0.15, 0.2) is 167 Å². The molecule has 15 rings (SSSR count). The lowest BCUT2D eigenvalue weighted by Gasteiger charge is -2.51. The van der Waals surface area contributed by atoms with Crippen molar-refractivity contribution >= 4 is 79.3 Å². The number of fused-ring (bicyclic) bond motifs is 20. The molecule has 0 atom stereocenters. The van der Waals surface area contributed by atoms with E-state index in [0.717, 1.165) is 50.9 Å². The van der Waals surface area contributed by atoms with Gasteiger partial charge in [-0.3, -0.25) is 4.90 Å². The minimum Gasteiger partial charge on any atom is -0.455 e. The van der Waals surface area contributed by atoms with E-state index in [2.05, 4.69) is 202 Å². The van der Waals surface area contributed by atoms with Gasteiger partial charge < -0.3 is 13.6 Å². The van der Waals surface area contributed by atoms with Gasteiger partial charge in [-0.15, -0.1) is 0 Å². The number of hydrogen-bond acceptors (Lipinski definition) is 4. The fourth-order valence-corrected chi connectivity index (χ4v) is 13.4. The van der Waals surface area contributed by atoms with Crippen LogP contribution in [-0.2, 0) is 16.2 Å². The van der Waals surface area contributed by atoms with Crippen LogP contribution in [-0.4, -0.2) is 6.85 Å². The molecule has 0 saturated carbocycles. The van der Waals surface area contributed by atoms with Gasteiger partial charge in [0.2, 0.25) is 5.88 Å². The summed E-state index contributed by atoms with van der Waals surface area (Å²) in [7, 11) is 0. The average Bonchev–Trinajstić information content (AvgIpc) is 3.99. The zero-order chi connectivity index (χ0) is 43.3. The van der Waals surface area contributed by atoms with Gasteiger partial charge in [0.05, 0.1) is 11.1 Å². The first-order valence-electron chi connectivity index (χ1n) is 23.3. The molecule has 65 heavy (non-hydrogen) atoms. The molecule has 8 aromatic carbocycles. The van der Waals surface area contributed by atoms with E-state index in [1.165, 1.54) is 95.6 Å². The quantitative estimate of drug-likeness (QED) is 0.154. The minimum atomic E-state index is -0.545. The maximum absolute atomic E-state index is 7.36. The lowest BCUT2D eigenvalue weighted by Crippen LogP contribution is -2.63. The van der Waals surface area contributed by atoms with Crippen molar-refractivity contribution in [3.8, 4) is 22.3 Å². The summed E-state index contributed by atoms with van der Waals surface area (Å²) in [5.41, 5.74) is 23.8. The third-order valence-corrected chi connectivity index (χ3v) is 16.4. The van der Waals surface area contributed by atoms with E-state index < -0.39 is 5.41 Å². The van der Waals surface area contributed by atoms with Crippen LogP contribution < -0.4 is 20.6 Å². The van der Waals surface area contributed by atoms with Crippen LogP contribution in [0.25, 0.3) is 55.2 Å². The Kier molecular flexibility index (Phi) is 6.62. The van der Waals surface area contributed by atoms with Gasteiger partial charge in [0.25, 0.3) is 0 Å². The number of para-hydroxylation sites is 4. The molecule has 0 amide bonds. The average molecular weight is 837 g/mol. The summed E-state index contributed by atoms with van der Waals surface area (Å²) >= 11 is 0. The predicted molar refractivity (Wildman–Crippen MR) is 268 cm³/mol. The van der Waals surface area contributed by atoms with E-state index in [1.54, 1.807) is 0 Å². The molecule has 3 aliphatic heterocycles. The molecule has 4 nitrogen and oxygen atoms in total. The summed E-state index contributed by atoms with van der Waals surface area (Å²) in [6, 6.07) is 59.2. The van der Waals surface area contributed by atoms with Gasteiger partial charge in [-0.25, -0.2) is 0 Å². The molecule has 0 saturated heterocycles. The van der Waals surface area contributed by atoms with E-state index in [-0.39, 0.29) is 17.7 Å². The SMILES string of the molecule is Cc1cc2c(cc1N1c3cc4c(oc5ccccc54)c4c3B(c3c1oc1ccccc31)N1c3ccccc3C3(c5ccccc5-c5ccccc53)c3cccc-4c31)C(C)(C)CCC2(C)C. The van der Waals surface area contributed by atoms with Gasteiger partial charge in [-0.2, -0.15) is 0 Å². The van der Waals surface area contributed by atoms with Crippen LogP contribution in [0.2, 0.25) is 0 Å². The molecule has 5 aliphatic rings. The first-order valence-corrected chi connectivity index (χ1v) is 23.3. The highest BCUT2D eigenvalue weighted by Crippen LogP contribution is 2.65. The molecular formula is C60H45BN2O2. The maximum atomic E-state index is 7.36. The second kappa shape index (κ2) is 11.9. The van der Waals surface area contributed by atoms with Crippen LogP contribution in [0.5, 0.6) is 0 Å². The van der Waals surface area contributed by atoms with Crippen molar-refractivity contribution in [2.24, 2.45) is 0 Å². The third-order valence-electron chi connectivity index (χ3n) is 16.4. The molecule has 0 radical (unpaired) electrons. The Morgan fingerprint density at radius 2 is 1.06 bits per heavy atom. The number of furan rings is 2. The van der Waals surface area contributed by atoms with Crippen molar-refractivity contribution < 1.29 is 8.83 Å². The van der Waals surface area contributed by atoms with E-state index in [9.17, 15) is 0 Å². The standard InChI is InChI=1S/C60H45BN2O2/c1-34-31-45-46(59(4,5)30-29-58(45,2)3)33-48(34)62-49-32-40-37-19-8-14-27-50(37)64-56(40)52-39-21-16-25-44-55(39)63(61(54(49)52)53-38-20-9-15-28-51(38)65-57(53)62)47-26-13-12-24-43(47)60(44)41-22-10-6-17-35(41)36-18-7-11-23-42(36)60/h6-28,31-33H,29-30H2,1-5H3. The van der Waals surface area contributed by atoms with Gasteiger partial charge in [-0.05, 0) is 116 Å². The molecule has 0 bridgehead atoms. The molecule has 0 N–H and O–H groups in total. The first-order chi connectivity index (χ1) is 31.7. The Bertz CT molecular complexity index is 3740. The van der Waals surface area contributed by atoms with E-state index in [1.807, 2.05) is 0 Å². The molecule has 5 heteroatoms. The predicted octanol–water partition coefficient (Wildman–Crippen LogP) is 14.4. The summed E-state index contributed by atoms with van der Waals surface area (Å²) in [5.74, 6) is 0.882. The number of hydrogen-bond donors (Lipinski definition) is 0. The van der Waals surface area contributed by atoms with E-state index in [0.29, 0.717) is 0 Å². The molecule has 5 heterocycles. The van der Waals surface area contributed by atoms with Crippen molar-refractivity contribution in [1.29, 1.82) is 0 Å². The van der Waals surface area contributed by atoms with Gasteiger partial charge in [0.15, 0.2) is 0 Å². The zero-order valence-electron chi connectivity index (χ0n) is 37.2. The van der Waals surface area contributed by atoms with Crippen molar-refractivity contribution in [3.05, 3.63) is 197 Å².